The molecule has 0 bridgehead atoms. The van der Waals surface area contributed by atoms with Crippen molar-refractivity contribution in [2.45, 2.75) is 33.3 Å². The Bertz CT molecular complexity index is 909. The molecule has 0 amide bonds. The number of alkyl halides is 2. The quantitative estimate of drug-likeness (QED) is 0.831. The lowest BCUT2D eigenvalue weighted by atomic mass is 10.1. The van der Waals surface area contributed by atoms with E-state index >= 15 is 0 Å². The van der Waals surface area contributed by atoms with Crippen LogP contribution in [0.5, 0.6) is 5.75 Å². The van der Waals surface area contributed by atoms with Crippen LogP contribution in [0.3, 0.4) is 0 Å². The van der Waals surface area contributed by atoms with Gasteiger partial charge in [-0.25, -0.2) is 4.39 Å². The first kappa shape index (κ1) is 16.4. The molecule has 0 radical (unpaired) electrons. The summed E-state index contributed by atoms with van der Waals surface area (Å²) in [5.74, 6) is -1.26. The van der Waals surface area contributed by atoms with Gasteiger partial charge in [0.05, 0.1) is 5.35 Å². The van der Waals surface area contributed by atoms with Gasteiger partial charge in [0, 0.05) is 23.2 Å². The minimum absolute atomic E-state index is 0.449. The SMILES string of the molecule is CC1=c2\ccn(-c3ccc(OC(F)F)c(F)c3)\c2=C(\C)CC/C=C\1. The van der Waals surface area contributed by atoms with Crippen LogP contribution in [-0.4, -0.2) is 11.2 Å². The van der Waals surface area contributed by atoms with Gasteiger partial charge in [-0.15, -0.1) is 0 Å². The van der Waals surface area contributed by atoms with Crippen molar-refractivity contribution in [3.63, 3.8) is 0 Å². The fourth-order valence-corrected chi connectivity index (χ4v) is 3.00. The predicted octanol–water partition coefficient (Wildman–Crippen LogP) is 3.91. The summed E-state index contributed by atoms with van der Waals surface area (Å²) in [5, 5.41) is 2.12. The van der Waals surface area contributed by atoms with E-state index in [1.165, 1.54) is 17.7 Å². The zero-order valence-corrected chi connectivity index (χ0v) is 13.5. The molecule has 2 aromatic rings. The molecule has 126 valence electrons. The molecule has 0 N–H and O–H groups in total. The summed E-state index contributed by atoms with van der Waals surface area (Å²) >= 11 is 0. The molecule has 0 saturated carbocycles. The number of benzene rings is 1. The summed E-state index contributed by atoms with van der Waals surface area (Å²) in [5.41, 5.74) is 2.92. The molecule has 0 atom stereocenters. The first-order chi connectivity index (χ1) is 11.5. The van der Waals surface area contributed by atoms with Crippen LogP contribution < -0.4 is 15.3 Å². The molecule has 1 heterocycles. The highest BCUT2D eigenvalue weighted by Gasteiger charge is 2.12. The maximum absolute atomic E-state index is 14.1. The summed E-state index contributed by atoms with van der Waals surface area (Å²) in [6, 6.07) is 6.02. The molecule has 2 nitrogen and oxygen atoms in total. The summed E-state index contributed by atoms with van der Waals surface area (Å²) < 4.78 is 44.7. The summed E-state index contributed by atoms with van der Waals surface area (Å²) in [6.07, 6.45) is 7.98. The lowest BCUT2D eigenvalue weighted by molar-refractivity contribution is -0.0521. The zero-order chi connectivity index (χ0) is 17.3. The lowest BCUT2D eigenvalue weighted by Crippen LogP contribution is -2.32. The lowest BCUT2D eigenvalue weighted by Gasteiger charge is -2.11. The number of aromatic nitrogens is 1. The number of allylic oxidation sites excluding steroid dienone is 2. The summed E-state index contributed by atoms with van der Waals surface area (Å²) in [4.78, 5) is 0. The van der Waals surface area contributed by atoms with Gasteiger partial charge in [-0.3, -0.25) is 0 Å². The van der Waals surface area contributed by atoms with Crippen LogP contribution >= 0.6 is 0 Å². The third-order valence-electron chi connectivity index (χ3n) is 4.18. The van der Waals surface area contributed by atoms with Gasteiger partial charge in [0.1, 0.15) is 0 Å². The molecule has 0 fully saturated rings. The first-order valence-electron chi connectivity index (χ1n) is 7.76. The smallest absolute Gasteiger partial charge is 0.387 e. The van der Waals surface area contributed by atoms with Gasteiger partial charge in [-0.05, 0) is 56.0 Å². The second kappa shape index (κ2) is 6.59. The number of hydrogen-bond acceptors (Lipinski definition) is 1. The van der Waals surface area contributed by atoms with Gasteiger partial charge in [0.25, 0.3) is 0 Å². The monoisotopic (exact) mass is 333 g/mol. The fraction of sp³-hybridized carbons (Fsp3) is 0.263. The molecule has 3 rings (SSSR count). The van der Waals surface area contributed by atoms with Crippen LogP contribution in [0.4, 0.5) is 13.2 Å². The molecule has 1 aromatic heterocycles. The largest absolute Gasteiger partial charge is 0.432 e. The standard InChI is InChI=1S/C19H18F3NO/c1-12-5-3-4-6-13(2)18-15(12)9-10-23(18)14-7-8-17(16(20)11-14)24-19(21)22/h3,5,7-11,19H,4,6H2,1-2H3/b5-3-,15-12-,18-13-. The summed E-state index contributed by atoms with van der Waals surface area (Å²) in [6.45, 7) is 1.06. The fourth-order valence-electron chi connectivity index (χ4n) is 3.00. The molecular weight excluding hydrogens is 315 g/mol. The molecule has 5 heteroatoms. The van der Waals surface area contributed by atoms with Crippen LogP contribution in [-0.2, 0) is 0 Å². The van der Waals surface area contributed by atoms with Gasteiger partial charge in [-0.2, -0.15) is 8.78 Å². The van der Waals surface area contributed by atoms with E-state index in [2.05, 4.69) is 23.8 Å². The van der Waals surface area contributed by atoms with Crippen molar-refractivity contribution in [1.82, 2.24) is 4.57 Å². The number of ether oxygens (including phenoxy) is 1. The average molecular weight is 333 g/mol. The van der Waals surface area contributed by atoms with E-state index in [9.17, 15) is 13.2 Å². The second-order valence-corrected chi connectivity index (χ2v) is 5.85. The number of halogens is 3. The van der Waals surface area contributed by atoms with Crippen molar-refractivity contribution >= 4 is 11.1 Å². The minimum atomic E-state index is -3.04. The minimum Gasteiger partial charge on any atom is -0.432 e. The topological polar surface area (TPSA) is 14.2 Å². The Balaban J connectivity index is 2.18. The number of fused-ring (bicyclic) bond motifs is 1. The number of hydrogen-bond donors (Lipinski definition) is 0. The van der Waals surface area contributed by atoms with Crippen molar-refractivity contribution in [3.8, 4) is 11.4 Å². The molecule has 0 saturated heterocycles. The average Bonchev–Trinajstić information content (AvgIpc) is 2.96. The van der Waals surface area contributed by atoms with E-state index in [1.807, 2.05) is 23.8 Å². The van der Waals surface area contributed by atoms with Gasteiger partial charge in [-0.1, -0.05) is 12.2 Å². The molecule has 1 aromatic carbocycles. The second-order valence-electron chi connectivity index (χ2n) is 5.85. The Hall–Kier alpha value is -2.43. The highest BCUT2D eigenvalue weighted by Crippen LogP contribution is 2.22. The molecule has 0 aliphatic heterocycles. The molecular formula is C19H18F3NO. The van der Waals surface area contributed by atoms with Crippen molar-refractivity contribution in [2.75, 3.05) is 0 Å². The summed E-state index contributed by atoms with van der Waals surface area (Å²) in [7, 11) is 0. The van der Waals surface area contributed by atoms with Crippen LogP contribution in [0.15, 0.2) is 42.6 Å². The van der Waals surface area contributed by atoms with E-state index < -0.39 is 18.2 Å². The zero-order valence-electron chi connectivity index (χ0n) is 13.5. The third-order valence-corrected chi connectivity index (χ3v) is 4.18. The van der Waals surface area contributed by atoms with Crippen molar-refractivity contribution in [2.24, 2.45) is 0 Å². The Morgan fingerprint density at radius 1 is 1.17 bits per heavy atom. The highest BCUT2D eigenvalue weighted by molar-refractivity contribution is 5.58. The number of rotatable bonds is 3. The van der Waals surface area contributed by atoms with E-state index in [4.69, 9.17) is 0 Å². The third kappa shape index (κ3) is 3.11. The van der Waals surface area contributed by atoms with E-state index in [1.54, 1.807) is 6.07 Å². The van der Waals surface area contributed by atoms with Crippen molar-refractivity contribution in [3.05, 3.63) is 59.0 Å². The van der Waals surface area contributed by atoms with Gasteiger partial charge in [0.15, 0.2) is 11.6 Å². The maximum atomic E-state index is 14.1. The van der Waals surface area contributed by atoms with Crippen LogP contribution in [0.25, 0.3) is 16.8 Å². The predicted molar refractivity (Wildman–Crippen MR) is 88.1 cm³/mol. The molecule has 1 aliphatic carbocycles. The molecule has 1 aliphatic rings. The van der Waals surface area contributed by atoms with Crippen molar-refractivity contribution < 1.29 is 17.9 Å². The van der Waals surface area contributed by atoms with Gasteiger partial charge in [0.2, 0.25) is 0 Å². The molecule has 24 heavy (non-hydrogen) atoms. The Kier molecular flexibility index (Phi) is 4.51. The van der Waals surface area contributed by atoms with Crippen LogP contribution in [0.2, 0.25) is 0 Å². The maximum Gasteiger partial charge on any atom is 0.387 e. The highest BCUT2D eigenvalue weighted by atomic mass is 19.3. The van der Waals surface area contributed by atoms with Gasteiger partial charge >= 0.3 is 6.61 Å². The Morgan fingerprint density at radius 3 is 2.67 bits per heavy atom. The van der Waals surface area contributed by atoms with E-state index in [0.29, 0.717) is 5.69 Å². The van der Waals surface area contributed by atoms with Gasteiger partial charge < -0.3 is 9.30 Å². The van der Waals surface area contributed by atoms with E-state index in [-0.39, 0.29) is 0 Å². The molecule has 0 spiro atoms. The first-order valence-corrected chi connectivity index (χ1v) is 7.76. The van der Waals surface area contributed by atoms with E-state index in [0.717, 1.165) is 29.0 Å². The normalized spacial score (nSPS) is 20.4. The van der Waals surface area contributed by atoms with Crippen LogP contribution in [0.1, 0.15) is 26.7 Å². The molecule has 0 unspecified atom stereocenters. The van der Waals surface area contributed by atoms with Crippen LogP contribution in [0, 0.1) is 5.82 Å². The Labute approximate surface area is 138 Å². The van der Waals surface area contributed by atoms with Crippen molar-refractivity contribution in [1.29, 1.82) is 0 Å². The Morgan fingerprint density at radius 2 is 1.96 bits per heavy atom. The number of nitrogens with zero attached hydrogens (tertiary/aromatic N) is 1.